The van der Waals surface area contributed by atoms with Gasteiger partial charge < -0.3 is 5.11 Å². The van der Waals surface area contributed by atoms with Crippen LogP contribution in [0.5, 0.6) is 0 Å². The van der Waals surface area contributed by atoms with E-state index in [1.165, 1.54) is 0 Å². The summed E-state index contributed by atoms with van der Waals surface area (Å²) in [6.45, 7) is 4.20. The van der Waals surface area contributed by atoms with Crippen LogP contribution >= 0.6 is 0 Å². The molecule has 0 heterocycles. The quantitative estimate of drug-likeness (QED) is 0.441. The summed E-state index contributed by atoms with van der Waals surface area (Å²) in [6, 6.07) is -0.0333. The van der Waals surface area contributed by atoms with Crippen LogP contribution in [0.15, 0.2) is 5.18 Å². The standard InChI is InChI=1S/C13H25NO3/c1-11(2)10-12(14-17)8-6-4-3-5-7-9-13(15)16/h11-12H,3-10H2,1-2H3,(H,15,16). The molecule has 0 aliphatic rings. The van der Waals surface area contributed by atoms with Gasteiger partial charge in [-0.3, -0.25) is 4.79 Å². The second-order valence-corrected chi connectivity index (χ2v) is 5.09. The van der Waals surface area contributed by atoms with Crippen LogP contribution in [0.3, 0.4) is 0 Å². The summed E-state index contributed by atoms with van der Waals surface area (Å²) in [4.78, 5) is 20.8. The van der Waals surface area contributed by atoms with Crippen LogP contribution in [-0.4, -0.2) is 17.1 Å². The number of aliphatic carboxylic acids is 1. The minimum Gasteiger partial charge on any atom is -0.481 e. The maximum absolute atomic E-state index is 10.6. The highest BCUT2D eigenvalue weighted by atomic mass is 16.4. The number of hydrogen-bond donors (Lipinski definition) is 1. The molecule has 1 N–H and O–H groups in total. The predicted molar refractivity (Wildman–Crippen MR) is 69.0 cm³/mol. The molecule has 4 heteroatoms. The molecule has 0 bridgehead atoms. The number of hydrogen-bond acceptors (Lipinski definition) is 3. The van der Waals surface area contributed by atoms with Gasteiger partial charge >= 0.3 is 5.97 Å². The number of unbranched alkanes of at least 4 members (excludes halogenated alkanes) is 4. The van der Waals surface area contributed by atoms with Crippen molar-refractivity contribution in [3.05, 3.63) is 4.91 Å². The van der Waals surface area contributed by atoms with Crippen molar-refractivity contribution in [3.8, 4) is 0 Å². The minimum atomic E-state index is -0.716. The average Bonchev–Trinajstić information content (AvgIpc) is 2.25. The van der Waals surface area contributed by atoms with Gasteiger partial charge in [-0.15, -0.1) is 0 Å². The summed E-state index contributed by atoms with van der Waals surface area (Å²) in [6.07, 6.45) is 6.90. The first kappa shape index (κ1) is 16.1. The second-order valence-electron chi connectivity index (χ2n) is 5.09. The summed E-state index contributed by atoms with van der Waals surface area (Å²) < 4.78 is 0. The molecule has 0 aromatic heterocycles. The highest BCUT2D eigenvalue weighted by Crippen LogP contribution is 2.16. The molecule has 0 fully saturated rings. The molecule has 100 valence electrons. The molecule has 0 aromatic rings. The molecule has 0 saturated carbocycles. The minimum absolute atomic E-state index is 0.0333. The molecule has 0 rings (SSSR count). The van der Waals surface area contributed by atoms with Crippen LogP contribution in [-0.2, 0) is 4.79 Å². The van der Waals surface area contributed by atoms with E-state index in [4.69, 9.17) is 5.11 Å². The summed E-state index contributed by atoms with van der Waals surface area (Å²) in [5.74, 6) is -0.194. The third-order valence-corrected chi connectivity index (χ3v) is 2.82. The highest BCUT2D eigenvalue weighted by Gasteiger charge is 2.10. The molecule has 0 saturated heterocycles. The van der Waals surface area contributed by atoms with E-state index in [-0.39, 0.29) is 12.5 Å². The zero-order valence-electron chi connectivity index (χ0n) is 11.0. The second kappa shape index (κ2) is 10.2. The van der Waals surface area contributed by atoms with Gasteiger partial charge in [0.25, 0.3) is 0 Å². The zero-order chi connectivity index (χ0) is 13.1. The molecule has 1 atom stereocenters. The van der Waals surface area contributed by atoms with Gasteiger partial charge in [0.15, 0.2) is 0 Å². The Hall–Kier alpha value is -0.930. The van der Waals surface area contributed by atoms with Crippen LogP contribution in [0.25, 0.3) is 0 Å². The van der Waals surface area contributed by atoms with E-state index in [1.54, 1.807) is 0 Å². The average molecular weight is 243 g/mol. The van der Waals surface area contributed by atoms with Crippen LogP contribution < -0.4 is 0 Å². The molecule has 0 aliphatic carbocycles. The summed E-state index contributed by atoms with van der Waals surface area (Å²) in [7, 11) is 0. The topological polar surface area (TPSA) is 66.7 Å². The molecule has 0 aliphatic heterocycles. The summed E-state index contributed by atoms with van der Waals surface area (Å²) >= 11 is 0. The Morgan fingerprint density at radius 3 is 2.24 bits per heavy atom. The SMILES string of the molecule is CC(C)CC(CCCCCCCC(=O)O)N=O. The van der Waals surface area contributed by atoms with Crippen molar-refractivity contribution in [2.24, 2.45) is 11.1 Å². The molecular weight excluding hydrogens is 218 g/mol. The third kappa shape index (κ3) is 11.3. The normalized spacial score (nSPS) is 12.6. The molecule has 17 heavy (non-hydrogen) atoms. The van der Waals surface area contributed by atoms with Crippen LogP contribution in [0.1, 0.15) is 65.2 Å². The molecule has 1 unspecified atom stereocenters. The van der Waals surface area contributed by atoms with Crippen molar-refractivity contribution >= 4 is 5.97 Å². The van der Waals surface area contributed by atoms with Gasteiger partial charge in [0.2, 0.25) is 0 Å². The van der Waals surface area contributed by atoms with Gasteiger partial charge in [-0.05, 0) is 25.2 Å². The van der Waals surface area contributed by atoms with Crippen molar-refractivity contribution in [1.82, 2.24) is 0 Å². The Balaban J connectivity index is 3.36. The Labute approximate surface area is 104 Å². The van der Waals surface area contributed by atoms with Gasteiger partial charge in [-0.25, -0.2) is 0 Å². The molecule has 0 amide bonds. The van der Waals surface area contributed by atoms with Crippen molar-refractivity contribution < 1.29 is 9.90 Å². The highest BCUT2D eigenvalue weighted by molar-refractivity contribution is 5.66. The lowest BCUT2D eigenvalue weighted by molar-refractivity contribution is -0.137. The Kier molecular flexibility index (Phi) is 9.68. The predicted octanol–water partition coefficient (Wildman–Crippen LogP) is 3.98. The van der Waals surface area contributed by atoms with Gasteiger partial charge in [-0.1, -0.05) is 44.7 Å². The van der Waals surface area contributed by atoms with Crippen molar-refractivity contribution in [3.63, 3.8) is 0 Å². The number of carboxylic acid groups (broad SMARTS) is 1. The van der Waals surface area contributed by atoms with E-state index < -0.39 is 5.97 Å². The molecule has 0 radical (unpaired) electrons. The van der Waals surface area contributed by atoms with E-state index in [2.05, 4.69) is 19.0 Å². The van der Waals surface area contributed by atoms with E-state index in [0.29, 0.717) is 5.92 Å². The lowest BCUT2D eigenvalue weighted by Crippen LogP contribution is -2.07. The van der Waals surface area contributed by atoms with Gasteiger partial charge in [-0.2, -0.15) is 4.91 Å². The van der Waals surface area contributed by atoms with Crippen molar-refractivity contribution in [1.29, 1.82) is 0 Å². The van der Waals surface area contributed by atoms with Gasteiger partial charge in [0, 0.05) is 6.42 Å². The number of carbonyl (C=O) groups is 1. The lowest BCUT2D eigenvalue weighted by atomic mass is 9.99. The molecule has 4 nitrogen and oxygen atoms in total. The maximum atomic E-state index is 10.6. The van der Waals surface area contributed by atoms with Gasteiger partial charge in [0.05, 0.1) is 6.04 Å². The monoisotopic (exact) mass is 243 g/mol. The fourth-order valence-corrected chi connectivity index (χ4v) is 1.94. The van der Waals surface area contributed by atoms with Crippen molar-refractivity contribution in [2.45, 2.75) is 71.3 Å². The lowest BCUT2D eigenvalue weighted by Gasteiger charge is -2.10. The first-order valence-corrected chi connectivity index (χ1v) is 6.60. The fourth-order valence-electron chi connectivity index (χ4n) is 1.94. The maximum Gasteiger partial charge on any atom is 0.303 e. The third-order valence-electron chi connectivity index (χ3n) is 2.82. The Bertz CT molecular complexity index is 217. The fraction of sp³-hybridized carbons (Fsp3) is 0.923. The largest absolute Gasteiger partial charge is 0.481 e. The Morgan fingerprint density at radius 1 is 1.12 bits per heavy atom. The number of nitroso groups, excluding NO2 is 1. The van der Waals surface area contributed by atoms with Crippen LogP contribution in [0, 0.1) is 10.8 Å². The van der Waals surface area contributed by atoms with Crippen LogP contribution in [0.4, 0.5) is 0 Å². The number of rotatable bonds is 11. The first-order chi connectivity index (χ1) is 8.06. The van der Waals surface area contributed by atoms with E-state index >= 15 is 0 Å². The number of carboxylic acids is 1. The summed E-state index contributed by atoms with van der Waals surface area (Å²) in [5, 5.41) is 11.6. The van der Waals surface area contributed by atoms with E-state index in [0.717, 1.165) is 44.9 Å². The zero-order valence-corrected chi connectivity index (χ0v) is 11.0. The van der Waals surface area contributed by atoms with Crippen LogP contribution in [0.2, 0.25) is 0 Å². The number of nitrogens with zero attached hydrogens (tertiary/aromatic N) is 1. The molecular formula is C13H25NO3. The first-order valence-electron chi connectivity index (χ1n) is 6.60. The summed E-state index contributed by atoms with van der Waals surface area (Å²) in [5.41, 5.74) is 0. The van der Waals surface area contributed by atoms with Gasteiger partial charge in [0.1, 0.15) is 0 Å². The smallest absolute Gasteiger partial charge is 0.303 e. The van der Waals surface area contributed by atoms with E-state index in [9.17, 15) is 9.70 Å². The molecule has 0 spiro atoms. The molecule has 0 aromatic carbocycles. The van der Waals surface area contributed by atoms with E-state index in [1.807, 2.05) is 0 Å². The van der Waals surface area contributed by atoms with Crippen molar-refractivity contribution in [2.75, 3.05) is 0 Å². The Morgan fingerprint density at radius 2 is 1.71 bits per heavy atom.